The van der Waals surface area contributed by atoms with E-state index in [1.165, 1.54) is 23.7 Å². The van der Waals surface area contributed by atoms with Crippen molar-refractivity contribution in [3.63, 3.8) is 0 Å². The Hall–Kier alpha value is 0.423. The van der Waals surface area contributed by atoms with Gasteiger partial charge >= 0.3 is 37.9 Å². The van der Waals surface area contributed by atoms with Gasteiger partial charge in [-0.15, -0.1) is 0 Å². The Balaban J connectivity index is 0.000000169. The molecular weight excluding hydrogens is 378 g/mol. The van der Waals surface area contributed by atoms with E-state index >= 15 is 0 Å². The van der Waals surface area contributed by atoms with E-state index in [0.717, 1.165) is 0 Å². The first-order valence-corrected chi connectivity index (χ1v) is 12.9. The number of hydrogen-bond acceptors (Lipinski definition) is 0. The van der Waals surface area contributed by atoms with Gasteiger partial charge in [0.2, 0.25) is 0 Å². The van der Waals surface area contributed by atoms with Crippen molar-refractivity contribution in [2.24, 2.45) is 0 Å². The van der Waals surface area contributed by atoms with Crippen LogP contribution in [0.25, 0.3) is 0 Å². The van der Waals surface area contributed by atoms with Gasteiger partial charge in [-0.1, -0.05) is 48.6 Å². The molecule has 0 aliphatic heterocycles. The minimum absolute atomic E-state index is 0.826. The zero-order chi connectivity index (χ0) is 14.9. The van der Waals surface area contributed by atoms with E-state index in [-0.39, 0.29) is 0 Å². The number of hydrogen-bond donors (Lipinski definition) is 0. The van der Waals surface area contributed by atoms with Crippen LogP contribution in [0, 0.1) is 62.2 Å². The Morgan fingerprint density at radius 2 is 0.905 bits per heavy atom. The van der Waals surface area contributed by atoms with Crippen molar-refractivity contribution in [3.05, 3.63) is 111 Å². The molecule has 0 aromatic heterocycles. The Kier molecular flexibility index (Phi) is 8.67. The average molecular weight is 392 g/mol. The van der Waals surface area contributed by atoms with Gasteiger partial charge in [-0.3, -0.25) is 0 Å². The Morgan fingerprint density at radius 1 is 0.571 bits per heavy atom. The third kappa shape index (κ3) is 5.52. The Bertz CT molecular complexity index is 368. The van der Waals surface area contributed by atoms with Crippen molar-refractivity contribution in [2.75, 3.05) is 0 Å². The van der Waals surface area contributed by atoms with Crippen molar-refractivity contribution in [1.29, 1.82) is 0 Å². The monoisotopic (exact) mass is 390 g/mol. The summed E-state index contributed by atoms with van der Waals surface area (Å²) >= 11 is -0.826. The molecule has 3 heteroatoms. The molecule has 0 amide bonds. The van der Waals surface area contributed by atoms with Gasteiger partial charge in [-0.05, 0) is 38.5 Å². The Labute approximate surface area is 148 Å². The second-order valence-corrected chi connectivity index (χ2v) is 8.08. The molecule has 10 radical (unpaired) electrons. The standard InChI is InChI=1S/C13H9.C5H5.2ClH.Zr/c1-3-7-12-10(5-1)9-11-6-2-4-8-13(11)12;1-2-4-5-3-1;;;/h1-9H;1-5H;2*1H;/q;;;;+4/p-2. The fraction of sp³-hybridized carbons (Fsp3) is 0. The molecule has 2 saturated carbocycles. The fourth-order valence-electron chi connectivity index (χ4n) is 2.22. The third-order valence-electron chi connectivity index (χ3n) is 3.08. The predicted octanol–water partition coefficient (Wildman–Crippen LogP) is 5.15. The molecule has 2 fully saturated rings. The van der Waals surface area contributed by atoms with Crippen molar-refractivity contribution in [2.45, 2.75) is 0 Å². The SMILES string of the molecule is [CH]1[CH][CH][CH][CH]1.[CH]1[C]2C=CC=C[C]2[C]2C=CC=C[C]12.[Cl][Zr+2][Cl]. The topological polar surface area (TPSA) is 0 Å². The maximum atomic E-state index is 4.93. The molecule has 0 aromatic carbocycles. The molecule has 0 bridgehead atoms. The molecule has 102 valence electrons. The van der Waals surface area contributed by atoms with Gasteiger partial charge in [0.05, 0.1) is 0 Å². The van der Waals surface area contributed by atoms with Crippen molar-refractivity contribution in [3.8, 4) is 0 Å². The summed E-state index contributed by atoms with van der Waals surface area (Å²) in [4.78, 5) is 0. The summed E-state index contributed by atoms with van der Waals surface area (Å²) in [5.41, 5.74) is 0. The molecule has 4 aliphatic rings. The fourth-order valence-corrected chi connectivity index (χ4v) is 2.22. The number of halogens is 2. The average Bonchev–Trinajstić information content (AvgIpc) is 3.19. The van der Waals surface area contributed by atoms with E-state index in [2.05, 4.69) is 55.0 Å². The van der Waals surface area contributed by atoms with Gasteiger partial charge in [0.25, 0.3) is 0 Å². The second kappa shape index (κ2) is 10.2. The summed E-state index contributed by atoms with van der Waals surface area (Å²) in [6.07, 6.45) is 29.3. The summed E-state index contributed by atoms with van der Waals surface area (Å²) in [6, 6.07) is 0. The van der Waals surface area contributed by atoms with Crippen LogP contribution in [0.1, 0.15) is 0 Å². The first kappa shape index (κ1) is 17.8. The van der Waals surface area contributed by atoms with Gasteiger partial charge in [0.1, 0.15) is 0 Å². The van der Waals surface area contributed by atoms with Crippen molar-refractivity contribution >= 4 is 17.0 Å². The van der Waals surface area contributed by atoms with E-state index in [9.17, 15) is 0 Å². The molecule has 0 heterocycles. The molecule has 0 N–H and O–H groups in total. The van der Waals surface area contributed by atoms with Crippen LogP contribution >= 0.6 is 17.0 Å². The van der Waals surface area contributed by atoms with Crippen LogP contribution in [0.5, 0.6) is 0 Å². The zero-order valence-corrected chi connectivity index (χ0v) is 15.3. The van der Waals surface area contributed by atoms with Crippen LogP contribution in [-0.4, -0.2) is 0 Å². The zero-order valence-electron chi connectivity index (χ0n) is 11.3. The van der Waals surface area contributed by atoms with Crippen LogP contribution < -0.4 is 0 Å². The van der Waals surface area contributed by atoms with Crippen molar-refractivity contribution in [1.82, 2.24) is 0 Å². The van der Waals surface area contributed by atoms with Gasteiger partial charge < -0.3 is 0 Å². The number of allylic oxidation sites excluding steroid dienone is 8. The third-order valence-corrected chi connectivity index (χ3v) is 3.08. The molecule has 0 nitrogen and oxygen atoms in total. The molecule has 4 rings (SSSR count). The molecule has 0 unspecified atom stereocenters. The molecule has 0 spiro atoms. The molecule has 0 atom stereocenters. The first-order valence-electron chi connectivity index (χ1n) is 6.53. The summed E-state index contributed by atoms with van der Waals surface area (Å²) < 4.78 is 0. The molecular formula is C18H14Cl2Zr+2. The first-order chi connectivity index (χ1) is 10.4. The molecule has 0 aromatic rings. The van der Waals surface area contributed by atoms with Gasteiger partial charge in [0, 0.05) is 23.7 Å². The predicted molar refractivity (Wildman–Crippen MR) is 87.0 cm³/mol. The summed E-state index contributed by atoms with van der Waals surface area (Å²) in [7, 11) is 9.87. The second-order valence-electron chi connectivity index (χ2n) is 4.35. The van der Waals surface area contributed by atoms with Crippen molar-refractivity contribution < 1.29 is 20.8 Å². The van der Waals surface area contributed by atoms with Crippen LogP contribution in [0.3, 0.4) is 0 Å². The number of rotatable bonds is 0. The summed E-state index contributed by atoms with van der Waals surface area (Å²) in [5, 5.41) is 0. The van der Waals surface area contributed by atoms with Gasteiger partial charge in [0.15, 0.2) is 0 Å². The van der Waals surface area contributed by atoms with E-state index in [0.29, 0.717) is 0 Å². The van der Waals surface area contributed by atoms with E-state index in [1.54, 1.807) is 0 Å². The van der Waals surface area contributed by atoms with E-state index in [4.69, 9.17) is 17.0 Å². The van der Waals surface area contributed by atoms with Crippen LogP contribution in [0.15, 0.2) is 48.6 Å². The molecule has 21 heavy (non-hydrogen) atoms. The maximum absolute atomic E-state index is 4.93. The summed E-state index contributed by atoms with van der Waals surface area (Å²) in [6.45, 7) is 0. The van der Waals surface area contributed by atoms with Gasteiger partial charge in [-0.25, -0.2) is 0 Å². The molecule has 4 aliphatic carbocycles. The van der Waals surface area contributed by atoms with Crippen LogP contribution in [0.2, 0.25) is 0 Å². The number of fused-ring (bicyclic) bond motifs is 3. The normalized spacial score (nSPS) is 23.7. The molecule has 0 saturated heterocycles. The van der Waals surface area contributed by atoms with Crippen LogP contribution in [-0.2, 0) is 20.8 Å². The quantitative estimate of drug-likeness (QED) is 0.535. The van der Waals surface area contributed by atoms with Crippen LogP contribution in [0.4, 0.5) is 0 Å². The van der Waals surface area contributed by atoms with E-state index in [1.807, 2.05) is 32.1 Å². The Morgan fingerprint density at radius 3 is 1.29 bits per heavy atom. The van der Waals surface area contributed by atoms with E-state index < -0.39 is 20.8 Å². The summed E-state index contributed by atoms with van der Waals surface area (Å²) in [5.74, 6) is 5.39. The minimum atomic E-state index is -0.826. The van der Waals surface area contributed by atoms with Gasteiger partial charge in [-0.2, -0.15) is 0 Å².